The normalized spacial score (nSPS) is 16.1. The van der Waals surface area contributed by atoms with E-state index in [1.807, 2.05) is 38.1 Å². The summed E-state index contributed by atoms with van der Waals surface area (Å²) in [6, 6.07) is 7.40. The van der Waals surface area contributed by atoms with Gasteiger partial charge in [-0.2, -0.15) is 10.1 Å². The number of H-pyrrole nitrogens is 1. The summed E-state index contributed by atoms with van der Waals surface area (Å²) in [4.78, 5) is 23.0. The molecule has 28 heavy (non-hydrogen) atoms. The lowest BCUT2D eigenvalue weighted by Gasteiger charge is -2.31. The van der Waals surface area contributed by atoms with Gasteiger partial charge in [0.1, 0.15) is 18.2 Å². The van der Waals surface area contributed by atoms with Crippen LogP contribution in [0.2, 0.25) is 0 Å². The van der Waals surface area contributed by atoms with Crippen LogP contribution in [-0.4, -0.2) is 49.3 Å². The van der Waals surface area contributed by atoms with Crippen molar-refractivity contribution in [2.45, 2.75) is 38.6 Å². The molecule has 3 heterocycles. The molecule has 146 valence electrons. The molecule has 3 aromatic rings. The molecule has 0 radical (unpaired) electrons. The standard InChI is InChI=1S/C19H23N7O2/c1-12-4-3-5-15(10-12)17-23-18(28-25-17)13(2)22-19(27)26-8-6-14(7-9-26)16-20-11-21-24-16/h3-5,10-11,13-14H,6-9H2,1-2H3,(H,22,27)(H,20,21,24)/t13-/m1/s1. The molecule has 1 aliphatic rings. The number of carbonyl (C=O) groups excluding carboxylic acids is 1. The molecule has 0 saturated carbocycles. The molecule has 1 aliphatic heterocycles. The molecule has 0 aliphatic carbocycles. The quantitative estimate of drug-likeness (QED) is 0.718. The molecule has 0 unspecified atom stereocenters. The highest BCUT2D eigenvalue weighted by Crippen LogP contribution is 2.25. The summed E-state index contributed by atoms with van der Waals surface area (Å²) in [6.45, 7) is 5.19. The lowest BCUT2D eigenvalue weighted by Crippen LogP contribution is -2.45. The number of amides is 2. The molecular weight excluding hydrogens is 358 g/mol. The molecule has 2 amide bonds. The van der Waals surface area contributed by atoms with Crippen LogP contribution in [0, 0.1) is 6.92 Å². The molecule has 1 aromatic carbocycles. The van der Waals surface area contributed by atoms with Crippen molar-refractivity contribution < 1.29 is 9.32 Å². The second-order valence-corrected chi connectivity index (χ2v) is 7.13. The number of rotatable bonds is 4. The number of likely N-dealkylation sites (tertiary alicyclic amines) is 1. The molecule has 4 rings (SSSR count). The van der Waals surface area contributed by atoms with E-state index < -0.39 is 0 Å². The van der Waals surface area contributed by atoms with Gasteiger partial charge in [-0.25, -0.2) is 9.78 Å². The third kappa shape index (κ3) is 3.88. The predicted octanol–water partition coefficient (Wildman–Crippen LogP) is 2.81. The number of urea groups is 1. The van der Waals surface area contributed by atoms with Crippen molar-refractivity contribution in [3.63, 3.8) is 0 Å². The Labute approximate surface area is 162 Å². The van der Waals surface area contributed by atoms with Crippen molar-refractivity contribution in [1.82, 2.24) is 35.5 Å². The first-order valence-electron chi connectivity index (χ1n) is 9.41. The Morgan fingerprint density at radius 2 is 2.18 bits per heavy atom. The van der Waals surface area contributed by atoms with Gasteiger partial charge >= 0.3 is 6.03 Å². The van der Waals surface area contributed by atoms with Crippen LogP contribution in [0.3, 0.4) is 0 Å². The first kappa shape index (κ1) is 18.1. The van der Waals surface area contributed by atoms with Crippen LogP contribution in [0.1, 0.15) is 49.0 Å². The Morgan fingerprint density at radius 1 is 1.36 bits per heavy atom. The Balaban J connectivity index is 1.34. The fraction of sp³-hybridized carbons (Fsp3) is 0.421. The summed E-state index contributed by atoms with van der Waals surface area (Å²) >= 11 is 0. The van der Waals surface area contributed by atoms with E-state index in [1.165, 1.54) is 6.33 Å². The van der Waals surface area contributed by atoms with Crippen molar-refractivity contribution in [3.8, 4) is 11.4 Å². The van der Waals surface area contributed by atoms with Crippen molar-refractivity contribution in [2.24, 2.45) is 0 Å². The predicted molar refractivity (Wildman–Crippen MR) is 101 cm³/mol. The van der Waals surface area contributed by atoms with Gasteiger partial charge in [0.2, 0.25) is 11.7 Å². The molecular formula is C19H23N7O2. The van der Waals surface area contributed by atoms with Crippen molar-refractivity contribution in [2.75, 3.05) is 13.1 Å². The van der Waals surface area contributed by atoms with Gasteiger partial charge in [0.05, 0.1) is 0 Å². The summed E-state index contributed by atoms with van der Waals surface area (Å²) in [7, 11) is 0. The Hall–Kier alpha value is -3.23. The van der Waals surface area contributed by atoms with E-state index in [2.05, 4.69) is 30.6 Å². The molecule has 9 heteroatoms. The Bertz CT molecular complexity index is 929. The number of nitrogens with one attached hydrogen (secondary N) is 2. The zero-order chi connectivity index (χ0) is 19.5. The summed E-state index contributed by atoms with van der Waals surface area (Å²) < 4.78 is 5.36. The maximum atomic E-state index is 12.6. The summed E-state index contributed by atoms with van der Waals surface area (Å²) in [5.74, 6) is 2.12. The summed E-state index contributed by atoms with van der Waals surface area (Å²) in [5, 5.41) is 13.8. The highest BCUT2D eigenvalue weighted by Gasteiger charge is 2.27. The number of carbonyl (C=O) groups is 1. The van der Waals surface area contributed by atoms with Gasteiger partial charge in [-0.15, -0.1) is 0 Å². The number of hydrogen-bond donors (Lipinski definition) is 2. The van der Waals surface area contributed by atoms with Gasteiger partial charge in [-0.1, -0.05) is 28.9 Å². The van der Waals surface area contributed by atoms with Gasteiger partial charge in [0, 0.05) is 24.6 Å². The first-order chi connectivity index (χ1) is 13.6. The topological polar surface area (TPSA) is 113 Å². The Morgan fingerprint density at radius 3 is 2.89 bits per heavy atom. The number of aryl methyl sites for hydroxylation is 1. The fourth-order valence-corrected chi connectivity index (χ4v) is 3.42. The van der Waals surface area contributed by atoms with Crippen LogP contribution in [0.25, 0.3) is 11.4 Å². The van der Waals surface area contributed by atoms with Crippen LogP contribution < -0.4 is 5.32 Å². The average Bonchev–Trinajstić information content (AvgIpc) is 3.40. The zero-order valence-electron chi connectivity index (χ0n) is 15.9. The molecule has 1 saturated heterocycles. The number of hydrogen-bond acceptors (Lipinski definition) is 6. The number of nitrogens with zero attached hydrogens (tertiary/aromatic N) is 5. The summed E-state index contributed by atoms with van der Waals surface area (Å²) in [5.41, 5.74) is 2.02. The van der Waals surface area contributed by atoms with E-state index in [-0.39, 0.29) is 12.1 Å². The van der Waals surface area contributed by atoms with E-state index >= 15 is 0 Å². The fourth-order valence-electron chi connectivity index (χ4n) is 3.42. The smallest absolute Gasteiger partial charge is 0.318 e. The second kappa shape index (κ2) is 7.79. The first-order valence-corrected chi connectivity index (χ1v) is 9.41. The van der Waals surface area contributed by atoms with Crippen LogP contribution >= 0.6 is 0 Å². The molecule has 2 N–H and O–H groups in total. The largest absolute Gasteiger partial charge is 0.337 e. The molecule has 1 atom stereocenters. The van der Waals surface area contributed by atoms with Gasteiger partial charge < -0.3 is 14.7 Å². The van der Waals surface area contributed by atoms with Crippen LogP contribution in [0.4, 0.5) is 4.79 Å². The maximum absolute atomic E-state index is 12.6. The van der Waals surface area contributed by atoms with E-state index in [1.54, 1.807) is 4.90 Å². The molecule has 0 spiro atoms. The van der Waals surface area contributed by atoms with Gasteiger partial charge in [-0.3, -0.25) is 5.10 Å². The molecule has 9 nitrogen and oxygen atoms in total. The van der Waals surface area contributed by atoms with Gasteiger partial charge in [0.15, 0.2) is 0 Å². The van der Waals surface area contributed by atoms with Gasteiger partial charge in [0.25, 0.3) is 0 Å². The third-order valence-electron chi connectivity index (χ3n) is 5.03. The van der Waals surface area contributed by atoms with E-state index in [9.17, 15) is 4.79 Å². The van der Waals surface area contributed by atoms with Gasteiger partial charge in [-0.05, 0) is 32.8 Å². The lowest BCUT2D eigenvalue weighted by molar-refractivity contribution is 0.175. The SMILES string of the molecule is Cc1cccc(-c2noc([C@@H](C)NC(=O)N3CCC(c4ncn[nH]4)CC3)n2)c1. The number of benzene rings is 1. The number of aromatic amines is 1. The van der Waals surface area contributed by atoms with E-state index in [0.717, 1.165) is 29.8 Å². The van der Waals surface area contributed by atoms with Crippen LogP contribution in [-0.2, 0) is 0 Å². The summed E-state index contributed by atoms with van der Waals surface area (Å²) in [6.07, 6.45) is 3.23. The third-order valence-corrected chi connectivity index (χ3v) is 5.03. The highest BCUT2D eigenvalue weighted by atomic mass is 16.5. The minimum absolute atomic E-state index is 0.126. The highest BCUT2D eigenvalue weighted by molar-refractivity contribution is 5.74. The van der Waals surface area contributed by atoms with Crippen molar-refractivity contribution >= 4 is 6.03 Å². The Kier molecular flexibility index (Phi) is 5.05. The minimum Gasteiger partial charge on any atom is -0.337 e. The van der Waals surface area contributed by atoms with Crippen LogP contribution in [0.15, 0.2) is 35.1 Å². The molecule has 0 bridgehead atoms. The monoisotopic (exact) mass is 381 g/mol. The van der Waals surface area contributed by atoms with Crippen molar-refractivity contribution in [3.05, 3.63) is 47.9 Å². The number of aromatic nitrogens is 5. The average molecular weight is 381 g/mol. The van der Waals surface area contributed by atoms with E-state index in [0.29, 0.717) is 30.7 Å². The second-order valence-electron chi connectivity index (χ2n) is 7.13. The van der Waals surface area contributed by atoms with E-state index in [4.69, 9.17) is 4.52 Å². The molecule has 1 fully saturated rings. The molecule has 2 aromatic heterocycles. The minimum atomic E-state index is -0.370. The lowest BCUT2D eigenvalue weighted by atomic mass is 9.96. The van der Waals surface area contributed by atoms with Crippen molar-refractivity contribution in [1.29, 1.82) is 0 Å². The maximum Gasteiger partial charge on any atom is 0.318 e. The zero-order valence-corrected chi connectivity index (χ0v) is 15.9. The van der Waals surface area contributed by atoms with Crippen LogP contribution in [0.5, 0.6) is 0 Å². The number of piperidine rings is 1.